The molecule has 0 atom stereocenters. The second-order valence-electron chi connectivity index (χ2n) is 3.14. The summed E-state index contributed by atoms with van der Waals surface area (Å²) in [5.74, 6) is 1.53. The van der Waals surface area contributed by atoms with Crippen LogP contribution in [0.5, 0.6) is 5.75 Å². The Balaban J connectivity index is 2.04. The van der Waals surface area contributed by atoms with Gasteiger partial charge in [0.2, 0.25) is 0 Å². The van der Waals surface area contributed by atoms with Gasteiger partial charge in [0.1, 0.15) is 0 Å². The summed E-state index contributed by atoms with van der Waals surface area (Å²) in [6, 6.07) is 5.83. The molecule has 0 saturated heterocycles. The summed E-state index contributed by atoms with van der Waals surface area (Å²) in [7, 11) is 1.64. The average Bonchev–Trinajstić information content (AvgIpc) is 2.73. The number of nitrogens with one attached hydrogen (secondary N) is 1. The van der Waals surface area contributed by atoms with Gasteiger partial charge in [-0.25, -0.2) is 4.98 Å². The van der Waals surface area contributed by atoms with Gasteiger partial charge in [0, 0.05) is 20.9 Å². The van der Waals surface area contributed by atoms with Crippen molar-refractivity contribution >= 4 is 33.1 Å². The molecule has 0 fully saturated rings. The number of thiophene rings is 1. The van der Waals surface area contributed by atoms with Crippen molar-refractivity contribution in [2.45, 2.75) is 6.54 Å². The van der Waals surface area contributed by atoms with E-state index in [2.05, 4.69) is 37.7 Å². The van der Waals surface area contributed by atoms with Gasteiger partial charge in [-0.15, -0.1) is 11.3 Å². The average molecular weight is 299 g/mol. The second-order valence-corrected chi connectivity index (χ2v) is 5.05. The van der Waals surface area contributed by atoms with Crippen molar-refractivity contribution in [2.75, 3.05) is 12.4 Å². The molecule has 16 heavy (non-hydrogen) atoms. The molecule has 0 radical (unpaired) electrons. The number of pyridine rings is 1. The third-order valence-electron chi connectivity index (χ3n) is 2.04. The summed E-state index contributed by atoms with van der Waals surface area (Å²) in [6.45, 7) is 0.754. The van der Waals surface area contributed by atoms with Crippen molar-refractivity contribution in [3.63, 3.8) is 0 Å². The van der Waals surface area contributed by atoms with Crippen molar-refractivity contribution in [3.05, 3.63) is 39.1 Å². The Morgan fingerprint density at radius 2 is 2.44 bits per heavy atom. The number of ether oxygens (including phenoxy) is 1. The third-order valence-corrected chi connectivity index (χ3v) is 3.74. The van der Waals surface area contributed by atoms with Crippen LogP contribution in [0.4, 0.5) is 5.82 Å². The molecule has 0 bridgehead atoms. The molecule has 0 saturated carbocycles. The van der Waals surface area contributed by atoms with Crippen LogP contribution in [0.2, 0.25) is 0 Å². The van der Waals surface area contributed by atoms with Crippen LogP contribution in [0.15, 0.2) is 34.2 Å². The highest BCUT2D eigenvalue weighted by Crippen LogP contribution is 2.23. The molecule has 2 aromatic heterocycles. The number of hydrogen-bond acceptors (Lipinski definition) is 4. The molecule has 2 rings (SSSR count). The Kier molecular flexibility index (Phi) is 3.79. The van der Waals surface area contributed by atoms with Crippen LogP contribution in [-0.4, -0.2) is 12.1 Å². The van der Waals surface area contributed by atoms with Gasteiger partial charge >= 0.3 is 0 Å². The zero-order valence-electron chi connectivity index (χ0n) is 8.74. The van der Waals surface area contributed by atoms with E-state index in [0.717, 1.165) is 22.6 Å². The number of methoxy groups -OCH3 is 1. The van der Waals surface area contributed by atoms with E-state index < -0.39 is 0 Å². The van der Waals surface area contributed by atoms with Crippen LogP contribution < -0.4 is 10.1 Å². The van der Waals surface area contributed by atoms with Gasteiger partial charge in [0.15, 0.2) is 11.6 Å². The SMILES string of the molecule is COc1cccnc1NCc1cc(Br)cs1. The molecule has 3 nitrogen and oxygen atoms in total. The fourth-order valence-electron chi connectivity index (χ4n) is 1.31. The van der Waals surface area contributed by atoms with Gasteiger partial charge in [0.25, 0.3) is 0 Å². The molecule has 84 valence electrons. The molecular weight excluding hydrogens is 288 g/mol. The first-order valence-electron chi connectivity index (χ1n) is 4.75. The molecule has 0 amide bonds. The minimum atomic E-state index is 0.754. The summed E-state index contributed by atoms with van der Waals surface area (Å²) in [4.78, 5) is 5.48. The largest absolute Gasteiger partial charge is 0.493 e. The predicted molar refractivity (Wildman–Crippen MR) is 70.1 cm³/mol. The summed E-state index contributed by atoms with van der Waals surface area (Å²) in [5, 5.41) is 5.31. The van der Waals surface area contributed by atoms with Crippen molar-refractivity contribution in [3.8, 4) is 5.75 Å². The quantitative estimate of drug-likeness (QED) is 0.938. The molecule has 5 heteroatoms. The zero-order chi connectivity index (χ0) is 11.4. The molecule has 1 N–H and O–H groups in total. The van der Waals surface area contributed by atoms with E-state index in [1.165, 1.54) is 4.88 Å². The fraction of sp³-hybridized carbons (Fsp3) is 0.182. The van der Waals surface area contributed by atoms with Crippen LogP contribution in [-0.2, 0) is 6.54 Å². The van der Waals surface area contributed by atoms with Gasteiger partial charge in [-0.05, 0) is 34.1 Å². The number of aromatic nitrogens is 1. The molecule has 2 heterocycles. The van der Waals surface area contributed by atoms with E-state index in [0.29, 0.717) is 0 Å². The molecule has 0 spiro atoms. The first-order chi connectivity index (χ1) is 7.79. The van der Waals surface area contributed by atoms with Crippen LogP contribution in [0.1, 0.15) is 4.88 Å². The van der Waals surface area contributed by atoms with E-state index in [4.69, 9.17) is 4.74 Å². The Labute approximate surface area is 107 Å². The topological polar surface area (TPSA) is 34.1 Å². The Bertz CT molecular complexity index is 473. The number of hydrogen-bond donors (Lipinski definition) is 1. The number of halogens is 1. The van der Waals surface area contributed by atoms with Crippen molar-refractivity contribution in [1.82, 2.24) is 4.98 Å². The maximum Gasteiger partial charge on any atom is 0.169 e. The monoisotopic (exact) mass is 298 g/mol. The standard InChI is InChI=1S/C11H11BrN2OS/c1-15-10-3-2-4-13-11(10)14-6-9-5-8(12)7-16-9/h2-5,7H,6H2,1H3,(H,13,14). The Hall–Kier alpha value is -1.07. The number of anilines is 1. The van der Waals surface area contributed by atoms with Gasteiger partial charge < -0.3 is 10.1 Å². The minimum Gasteiger partial charge on any atom is -0.493 e. The van der Waals surface area contributed by atoms with Gasteiger partial charge in [0.05, 0.1) is 13.7 Å². The van der Waals surface area contributed by atoms with Crippen LogP contribution in [0.3, 0.4) is 0 Å². The number of rotatable bonds is 4. The molecule has 0 aromatic carbocycles. The Morgan fingerprint density at radius 3 is 3.12 bits per heavy atom. The van der Waals surface area contributed by atoms with Crippen molar-refractivity contribution in [1.29, 1.82) is 0 Å². The first-order valence-corrected chi connectivity index (χ1v) is 6.42. The van der Waals surface area contributed by atoms with Crippen molar-refractivity contribution in [2.24, 2.45) is 0 Å². The lowest BCUT2D eigenvalue weighted by Crippen LogP contribution is -2.01. The first kappa shape index (κ1) is 11.4. The highest BCUT2D eigenvalue weighted by Gasteiger charge is 2.03. The summed E-state index contributed by atoms with van der Waals surface area (Å²) in [5.41, 5.74) is 0. The van der Waals surface area contributed by atoms with E-state index in [1.807, 2.05) is 12.1 Å². The summed E-state index contributed by atoms with van der Waals surface area (Å²) in [6.07, 6.45) is 1.75. The molecule has 0 aliphatic carbocycles. The van der Waals surface area contributed by atoms with Gasteiger partial charge in [-0.3, -0.25) is 0 Å². The van der Waals surface area contributed by atoms with Crippen LogP contribution in [0, 0.1) is 0 Å². The zero-order valence-corrected chi connectivity index (χ0v) is 11.1. The molecular formula is C11H11BrN2OS. The smallest absolute Gasteiger partial charge is 0.169 e. The van der Waals surface area contributed by atoms with Gasteiger partial charge in [-0.2, -0.15) is 0 Å². The highest BCUT2D eigenvalue weighted by atomic mass is 79.9. The van der Waals surface area contributed by atoms with Crippen LogP contribution >= 0.6 is 27.3 Å². The molecule has 0 aliphatic rings. The molecule has 2 aromatic rings. The normalized spacial score (nSPS) is 10.1. The fourth-order valence-corrected chi connectivity index (χ4v) is 2.70. The van der Waals surface area contributed by atoms with Gasteiger partial charge in [-0.1, -0.05) is 0 Å². The van der Waals surface area contributed by atoms with E-state index >= 15 is 0 Å². The van der Waals surface area contributed by atoms with Crippen molar-refractivity contribution < 1.29 is 4.74 Å². The van der Waals surface area contributed by atoms with E-state index in [-0.39, 0.29) is 0 Å². The Morgan fingerprint density at radius 1 is 1.56 bits per heavy atom. The molecule has 0 unspecified atom stereocenters. The van der Waals surface area contributed by atoms with E-state index in [9.17, 15) is 0 Å². The maximum atomic E-state index is 5.21. The molecule has 0 aliphatic heterocycles. The summed E-state index contributed by atoms with van der Waals surface area (Å²) < 4.78 is 6.32. The van der Waals surface area contributed by atoms with E-state index in [1.54, 1.807) is 24.6 Å². The maximum absolute atomic E-state index is 5.21. The minimum absolute atomic E-state index is 0.754. The lowest BCUT2D eigenvalue weighted by molar-refractivity contribution is 0.415. The number of nitrogens with zero attached hydrogens (tertiary/aromatic N) is 1. The third kappa shape index (κ3) is 2.74. The lowest BCUT2D eigenvalue weighted by Gasteiger charge is -2.08. The van der Waals surface area contributed by atoms with Crippen LogP contribution in [0.25, 0.3) is 0 Å². The summed E-state index contributed by atoms with van der Waals surface area (Å²) >= 11 is 5.13. The highest BCUT2D eigenvalue weighted by molar-refractivity contribution is 9.10. The lowest BCUT2D eigenvalue weighted by atomic mass is 10.4. The predicted octanol–water partition coefficient (Wildman–Crippen LogP) is 3.53. The second kappa shape index (κ2) is 5.32.